The number of azo groups is 1. The van der Waals surface area contributed by atoms with Gasteiger partial charge in [-0.05, 0) is 38.2 Å². The first kappa shape index (κ1) is 22.3. The highest BCUT2D eigenvalue weighted by atomic mass is 16.5. The second-order valence-corrected chi connectivity index (χ2v) is 8.26. The number of morpholine rings is 1. The third-order valence-corrected chi connectivity index (χ3v) is 5.65. The summed E-state index contributed by atoms with van der Waals surface area (Å²) in [5, 5.41) is 12.3. The van der Waals surface area contributed by atoms with Gasteiger partial charge in [0.25, 0.3) is 0 Å². The Balaban J connectivity index is 1.41. The van der Waals surface area contributed by atoms with Gasteiger partial charge in [0.05, 0.1) is 19.8 Å². The van der Waals surface area contributed by atoms with E-state index in [0.717, 1.165) is 50.5 Å². The smallest absolute Gasteiger partial charge is 0.217 e. The maximum Gasteiger partial charge on any atom is 0.217 e. The van der Waals surface area contributed by atoms with Crippen molar-refractivity contribution in [2.75, 3.05) is 44.4 Å². The average Bonchev–Trinajstić information content (AvgIpc) is 2.83. The molecule has 0 radical (unpaired) electrons. The second-order valence-electron chi connectivity index (χ2n) is 8.26. The Morgan fingerprint density at radius 1 is 1.16 bits per heavy atom. The lowest BCUT2D eigenvalue weighted by atomic mass is 10.1. The average molecular weight is 436 g/mol. The monoisotopic (exact) mass is 435 g/mol. The standard InChI is InChI=1S/C25H33N5O2/c1-20-6-5-7-21(16-20)19-27-29-24-17-23(30-11-14-31-15-12-30)18-25(28-24)32-13-10-26-22-8-3-2-4-9-22/h5-8,16-18,26H,2-4,9-15,19H2,1H3. The first-order valence-corrected chi connectivity index (χ1v) is 11.6. The highest BCUT2D eigenvalue weighted by Crippen LogP contribution is 2.26. The zero-order chi connectivity index (χ0) is 22.0. The van der Waals surface area contributed by atoms with Crippen molar-refractivity contribution in [3.8, 4) is 5.88 Å². The number of pyridine rings is 1. The molecule has 0 saturated carbocycles. The fourth-order valence-corrected chi connectivity index (χ4v) is 3.97. The van der Waals surface area contributed by atoms with Crippen LogP contribution in [-0.4, -0.2) is 44.4 Å². The molecule has 0 spiro atoms. The minimum atomic E-state index is 0.528. The van der Waals surface area contributed by atoms with Crippen LogP contribution < -0.4 is 15.0 Å². The Morgan fingerprint density at radius 2 is 2.06 bits per heavy atom. The largest absolute Gasteiger partial charge is 0.476 e. The number of benzene rings is 1. The van der Waals surface area contributed by atoms with Gasteiger partial charge in [0.1, 0.15) is 6.61 Å². The Labute approximate surface area is 190 Å². The van der Waals surface area contributed by atoms with Gasteiger partial charge < -0.3 is 19.7 Å². The molecular formula is C25H33N5O2. The summed E-state index contributed by atoms with van der Waals surface area (Å²) in [6.07, 6.45) is 7.16. The lowest BCUT2D eigenvalue weighted by Crippen LogP contribution is -2.36. The van der Waals surface area contributed by atoms with Crippen molar-refractivity contribution in [3.05, 3.63) is 59.3 Å². The van der Waals surface area contributed by atoms with Crippen LogP contribution in [0.3, 0.4) is 0 Å². The highest BCUT2D eigenvalue weighted by Gasteiger charge is 2.14. The molecule has 0 unspecified atom stereocenters. The fraction of sp³-hybridized carbons (Fsp3) is 0.480. The van der Waals surface area contributed by atoms with E-state index >= 15 is 0 Å². The number of nitrogens with zero attached hydrogens (tertiary/aromatic N) is 4. The fourth-order valence-electron chi connectivity index (χ4n) is 3.97. The molecule has 0 bridgehead atoms. The molecule has 2 aromatic rings. The molecule has 2 heterocycles. The van der Waals surface area contributed by atoms with Crippen LogP contribution in [0.4, 0.5) is 11.5 Å². The number of rotatable bonds is 9. The Bertz CT molecular complexity index is 938. The van der Waals surface area contributed by atoms with Crippen LogP contribution in [0.15, 0.2) is 58.4 Å². The summed E-state index contributed by atoms with van der Waals surface area (Å²) >= 11 is 0. The van der Waals surface area contributed by atoms with E-state index in [1.54, 1.807) is 0 Å². The molecule has 170 valence electrons. The summed E-state index contributed by atoms with van der Waals surface area (Å²) in [6, 6.07) is 12.3. The Kier molecular flexibility index (Phi) is 8.09. The van der Waals surface area contributed by atoms with E-state index in [2.05, 4.69) is 56.6 Å². The molecule has 4 rings (SSSR count). The van der Waals surface area contributed by atoms with E-state index < -0.39 is 0 Å². The molecule has 0 amide bonds. The van der Waals surface area contributed by atoms with E-state index in [0.29, 0.717) is 24.8 Å². The molecule has 32 heavy (non-hydrogen) atoms. The van der Waals surface area contributed by atoms with Crippen LogP contribution >= 0.6 is 0 Å². The lowest BCUT2D eigenvalue weighted by molar-refractivity contribution is 0.122. The van der Waals surface area contributed by atoms with E-state index in [1.165, 1.54) is 30.5 Å². The van der Waals surface area contributed by atoms with Crippen molar-refractivity contribution in [1.82, 2.24) is 10.3 Å². The van der Waals surface area contributed by atoms with Crippen molar-refractivity contribution in [3.63, 3.8) is 0 Å². The van der Waals surface area contributed by atoms with Gasteiger partial charge in [0.2, 0.25) is 5.88 Å². The number of ether oxygens (including phenoxy) is 2. The predicted molar refractivity (Wildman–Crippen MR) is 127 cm³/mol. The Morgan fingerprint density at radius 3 is 2.88 bits per heavy atom. The quantitative estimate of drug-likeness (QED) is 0.446. The normalized spacial score (nSPS) is 16.8. The highest BCUT2D eigenvalue weighted by molar-refractivity contribution is 5.55. The number of anilines is 1. The summed E-state index contributed by atoms with van der Waals surface area (Å²) < 4.78 is 11.5. The maximum absolute atomic E-state index is 5.99. The second kappa shape index (κ2) is 11.6. The lowest BCUT2D eigenvalue weighted by Gasteiger charge is -2.29. The third-order valence-electron chi connectivity index (χ3n) is 5.65. The van der Waals surface area contributed by atoms with Crippen molar-refractivity contribution in [2.45, 2.75) is 39.2 Å². The summed E-state index contributed by atoms with van der Waals surface area (Å²) in [5.41, 5.74) is 4.74. The first-order chi connectivity index (χ1) is 15.8. The van der Waals surface area contributed by atoms with Crippen molar-refractivity contribution in [2.24, 2.45) is 10.2 Å². The van der Waals surface area contributed by atoms with Crippen LogP contribution in [0.2, 0.25) is 0 Å². The topological polar surface area (TPSA) is 71.3 Å². The first-order valence-electron chi connectivity index (χ1n) is 11.6. The molecule has 2 aliphatic rings. The van der Waals surface area contributed by atoms with Crippen LogP contribution in [0, 0.1) is 6.92 Å². The molecule has 1 aliphatic heterocycles. The number of hydrogen-bond acceptors (Lipinski definition) is 7. The molecule has 1 fully saturated rings. The molecule has 0 atom stereocenters. The Hall–Kier alpha value is -2.93. The van der Waals surface area contributed by atoms with E-state index in [9.17, 15) is 0 Å². The van der Waals surface area contributed by atoms with Crippen molar-refractivity contribution < 1.29 is 9.47 Å². The van der Waals surface area contributed by atoms with Gasteiger partial charge in [0.15, 0.2) is 5.82 Å². The zero-order valence-corrected chi connectivity index (χ0v) is 18.9. The van der Waals surface area contributed by atoms with Gasteiger partial charge in [0, 0.05) is 43.2 Å². The SMILES string of the molecule is Cc1cccc(CN=Nc2cc(N3CCOCC3)cc(OCCNC3=CCCCC3)n2)c1. The molecule has 1 aromatic heterocycles. The minimum Gasteiger partial charge on any atom is -0.476 e. The summed E-state index contributed by atoms with van der Waals surface area (Å²) in [7, 11) is 0. The summed E-state index contributed by atoms with van der Waals surface area (Å²) in [6.45, 7) is 7.06. The zero-order valence-electron chi connectivity index (χ0n) is 18.9. The van der Waals surface area contributed by atoms with E-state index in [4.69, 9.17) is 9.47 Å². The number of allylic oxidation sites excluding steroid dienone is 2. The number of aromatic nitrogens is 1. The van der Waals surface area contributed by atoms with Crippen LogP contribution in [-0.2, 0) is 11.3 Å². The van der Waals surface area contributed by atoms with Crippen molar-refractivity contribution >= 4 is 11.5 Å². The number of hydrogen-bond donors (Lipinski definition) is 1. The predicted octanol–water partition coefficient (Wildman–Crippen LogP) is 4.94. The summed E-state index contributed by atoms with van der Waals surface area (Å²) in [4.78, 5) is 6.86. The van der Waals surface area contributed by atoms with E-state index in [1.807, 2.05) is 18.2 Å². The number of aryl methyl sites for hydroxylation is 1. The molecule has 1 aliphatic carbocycles. The van der Waals surface area contributed by atoms with Gasteiger partial charge in [-0.1, -0.05) is 35.9 Å². The van der Waals surface area contributed by atoms with Gasteiger partial charge in [-0.2, -0.15) is 10.1 Å². The van der Waals surface area contributed by atoms with Crippen LogP contribution in [0.5, 0.6) is 5.88 Å². The van der Waals surface area contributed by atoms with Gasteiger partial charge >= 0.3 is 0 Å². The van der Waals surface area contributed by atoms with Gasteiger partial charge in [-0.25, -0.2) is 0 Å². The number of nitrogens with one attached hydrogen (secondary N) is 1. The summed E-state index contributed by atoms with van der Waals surface area (Å²) in [5.74, 6) is 1.15. The van der Waals surface area contributed by atoms with Crippen molar-refractivity contribution in [1.29, 1.82) is 0 Å². The molecule has 1 N–H and O–H groups in total. The molecule has 1 aromatic carbocycles. The van der Waals surface area contributed by atoms with Crippen LogP contribution in [0.1, 0.15) is 36.8 Å². The van der Waals surface area contributed by atoms with Gasteiger partial charge in [-0.15, -0.1) is 5.11 Å². The molecule has 1 saturated heterocycles. The van der Waals surface area contributed by atoms with E-state index in [-0.39, 0.29) is 0 Å². The third kappa shape index (κ3) is 6.79. The minimum absolute atomic E-state index is 0.528. The van der Waals surface area contributed by atoms with Crippen LogP contribution in [0.25, 0.3) is 0 Å². The van der Waals surface area contributed by atoms with Gasteiger partial charge in [-0.3, -0.25) is 0 Å². The maximum atomic E-state index is 5.99. The molecule has 7 nitrogen and oxygen atoms in total. The molecule has 7 heteroatoms. The molecular weight excluding hydrogens is 402 g/mol.